The van der Waals surface area contributed by atoms with E-state index in [-0.39, 0.29) is 18.1 Å². The maximum atomic E-state index is 12.7. The summed E-state index contributed by atoms with van der Waals surface area (Å²) in [5.74, 6) is -0.613. The molecule has 0 aliphatic heterocycles. The van der Waals surface area contributed by atoms with Gasteiger partial charge in [-0.15, -0.1) is 0 Å². The summed E-state index contributed by atoms with van der Waals surface area (Å²) in [7, 11) is 0. The Morgan fingerprint density at radius 1 is 0.909 bits per heavy atom. The van der Waals surface area contributed by atoms with Gasteiger partial charge in [0.15, 0.2) is 11.5 Å². The lowest BCUT2D eigenvalue weighted by Crippen LogP contribution is -2.19. The van der Waals surface area contributed by atoms with Crippen molar-refractivity contribution in [1.82, 2.24) is 9.55 Å². The van der Waals surface area contributed by atoms with Gasteiger partial charge in [-0.05, 0) is 50.6 Å². The molecule has 7 nitrogen and oxygen atoms in total. The Hall–Kier alpha value is -3.00. The second-order valence-corrected chi connectivity index (χ2v) is 7.54. The van der Waals surface area contributed by atoms with Crippen LogP contribution in [-0.4, -0.2) is 41.1 Å². The third-order valence-electron chi connectivity index (χ3n) is 4.88. The number of rotatable bonds is 11. The lowest BCUT2D eigenvalue weighted by Gasteiger charge is -2.20. The number of halogens is 1. The second kappa shape index (κ2) is 11.7. The van der Waals surface area contributed by atoms with Crippen LogP contribution in [0.1, 0.15) is 64.7 Å². The third-order valence-corrected chi connectivity index (χ3v) is 5.13. The van der Waals surface area contributed by atoms with E-state index in [1.165, 1.54) is 0 Å². The zero-order valence-corrected chi connectivity index (χ0v) is 19.7. The van der Waals surface area contributed by atoms with Crippen molar-refractivity contribution in [3.05, 3.63) is 88.0 Å². The van der Waals surface area contributed by atoms with Gasteiger partial charge in [-0.25, -0.2) is 9.78 Å². The van der Waals surface area contributed by atoms with Crippen molar-refractivity contribution in [3.8, 4) is 0 Å². The number of nitrogens with zero attached hydrogens (tertiary/aromatic N) is 2. The van der Waals surface area contributed by atoms with Gasteiger partial charge in [-0.1, -0.05) is 35.9 Å². The normalized spacial score (nSPS) is 11.1. The summed E-state index contributed by atoms with van der Waals surface area (Å²) in [5.41, 5.74) is 2.72. The Morgan fingerprint density at radius 3 is 2.03 bits per heavy atom. The van der Waals surface area contributed by atoms with Crippen molar-refractivity contribution >= 4 is 23.4 Å². The smallest absolute Gasteiger partial charge is 0.359 e. The van der Waals surface area contributed by atoms with Crippen molar-refractivity contribution in [2.24, 2.45) is 0 Å². The first kappa shape index (κ1) is 24.6. The van der Waals surface area contributed by atoms with E-state index < -0.39 is 12.3 Å². The first-order valence-corrected chi connectivity index (χ1v) is 11.2. The van der Waals surface area contributed by atoms with Gasteiger partial charge >= 0.3 is 5.97 Å². The zero-order chi connectivity index (χ0) is 23.8. The molecule has 3 rings (SSSR count). The molecule has 8 heteroatoms. The van der Waals surface area contributed by atoms with Gasteiger partial charge in [0.05, 0.1) is 12.9 Å². The SMILES string of the molecule is CCOC(=O)c1ncn(Cc2ccc(C(=O)c3ccc(Cl)cc3)cc2)c1C(OCC)OCC. The van der Waals surface area contributed by atoms with Gasteiger partial charge in [0.1, 0.15) is 5.69 Å². The topological polar surface area (TPSA) is 79.7 Å². The predicted molar refractivity (Wildman–Crippen MR) is 125 cm³/mol. The number of benzene rings is 2. The van der Waals surface area contributed by atoms with Crippen LogP contribution in [0.15, 0.2) is 54.9 Å². The van der Waals surface area contributed by atoms with Gasteiger partial charge in [0, 0.05) is 35.9 Å². The number of aromatic nitrogens is 2. The monoisotopic (exact) mass is 470 g/mol. The van der Waals surface area contributed by atoms with Crippen molar-refractivity contribution in [1.29, 1.82) is 0 Å². The van der Waals surface area contributed by atoms with Gasteiger partial charge in [-0.2, -0.15) is 0 Å². The Kier molecular flexibility index (Phi) is 8.77. The highest BCUT2D eigenvalue weighted by Crippen LogP contribution is 2.25. The highest BCUT2D eigenvalue weighted by Gasteiger charge is 2.27. The van der Waals surface area contributed by atoms with Crippen LogP contribution >= 0.6 is 11.6 Å². The summed E-state index contributed by atoms with van der Waals surface area (Å²) in [4.78, 5) is 29.4. The zero-order valence-electron chi connectivity index (χ0n) is 18.9. The number of esters is 1. The molecule has 1 heterocycles. The standard InChI is InChI=1S/C25H27ClN2O5/c1-4-31-24(30)21-22(25(32-5-2)33-6-3)28(16-27-21)15-17-7-9-18(10-8-17)23(29)19-11-13-20(26)14-12-19/h7-14,16,25H,4-6,15H2,1-3H3. The fourth-order valence-corrected chi connectivity index (χ4v) is 3.48. The summed E-state index contributed by atoms with van der Waals surface area (Å²) in [6.45, 7) is 6.90. The summed E-state index contributed by atoms with van der Waals surface area (Å²) in [5, 5.41) is 0.581. The molecule has 174 valence electrons. The molecule has 1 aromatic heterocycles. The van der Waals surface area contributed by atoms with Crippen LogP contribution in [0.2, 0.25) is 5.02 Å². The van der Waals surface area contributed by atoms with Crippen molar-refractivity contribution < 1.29 is 23.8 Å². The van der Waals surface area contributed by atoms with E-state index in [1.54, 1.807) is 54.2 Å². The molecule has 0 aliphatic rings. The average Bonchev–Trinajstić information content (AvgIpc) is 3.23. The van der Waals surface area contributed by atoms with Gasteiger partial charge < -0.3 is 18.8 Å². The number of hydrogen-bond acceptors (Lipinski definition) is 6. The minimum atomic E-state index is -0.757. The highest BCUT2D eigenvalue weighted by molar-refractivity contribution is 6.30. The maximum Gasteiger partial charge on any atom is 0.359 e. The molecule has 0 atom stereocenters. The third kappa shape index (κ3) is 6.07. The van der Waals surface area contributed by atoms with Crippen LogP contribution in [0, 0.1) is 0 Å². The van der Waals surface area contributed by atoms with E-state index in [0.29, 0.717) is 41.6 Å². The molecule has 0 bridgehead atoms. The van der Waals surface area contributed by atoms with Crippen LogP contribution in [0.3, 0.4) is 0 Å². The molecule has 0 spiro atoms. The van der Waals surface area contributed by atoms with Crippen LogP contribution in [-0.2, 0) is 20.8 Å². The molecule has 0 saturated heterocycles. The summed E-state index contributed by atoms with van der Waals surface area (Å²) < 4.78 is 18.4. The lowest BCUT2D eigenvalue weighted by atomic mass is 10.0. The second-order valence-electron chi connectivity index (χ2n) is 7.10. The van der Waals surface area contributed by atoms with E-state index in [2.05, 4.69) is 4.98 Å². The fourth-order valence-electron chi connectivity index (χ4n) is 3.36. The molecule has 0 unspecified atom stereocenters. The molecule has 0 radical (unpaired) electrons. The van der Waals surface area contributed by atoms with E-state index in [0.717, 1.165) is 5.56 Å². The van der Waals surface area contributed by atoms with Gasteiger partial charge in [0.25, 0.3) is 0 Å². The Morgan fingerprint density at radius 2 is 1.48 bits per heavy atom. The molecular weight excluding hydrogens is 444 g/mol. The molecule has 0 aliphatic carbocycles. The summed E-state index contributed by atoms with van der Waals surface area (Å²) >= 11 is 5.91. The number of carbonyl (C=O) groups is 2. The quantitative estimate of drug-likeness (QED) is 0.221. The summed E-state index contributed by atoms with van der Waals surface area (Å²) in [6.07, 6.45) is 0.812. The number of carbonyl (C=O) groups excluding carboxylic acids is 2. The molecule has 0 saturated carbocycles. The van der Waals surface area contributed by atoms with Crippen molar-refractivity contribution in [2.45, 2.75) is 33.6 Å². The Bertz CT molecular complexity index is 1070. The molecule has 0 fully saturated rings. The number of ether oxygens (including phenoxy) is 3. The van der Waals surface area contributed by atoms with Crippen LogP contribution in [0.25, 0.3) is 0 Å². The minimum Gasteiger partial charge on any atom is -0.461 e. The van der Waals surface area contributed by atoms with E-state index in [1.807, 2.05) is 26.0 Å². The molecule has 3 aromatic rings. The average molecular weight is 471 g/mol. The Labute approximate surface area is 198 Å². The number of hydrogen-bond donors (Lipinski definition) is 0. The molecule has 0 N–H and O–H groups in total. The first-order valence-electron chi connectivity index (χ1n) is 10.8. The van der Waals surface area contributed by atoms with Gasteiger partial charge in [0.2, 0.25) is 6.29 Å². The predicted octanol–water partition coefficient (Wildman–Crippen LogP) is 5.06. The number of imidazole rings is 1. The van der Waals surface area contributed by atoms with E-state index in [9.17, 15) is 9.59 Å². The first-order chi connectivity index (χ1) is 16.0. The number of ketones is 1. The van der Waals surface area contributed by atoms with Crippen LogP contribution in [0.5, 0.6) is 0 Å². The molecule has 0 amide bonds. The van der Waals surface area contributed by atoms with Crippen molar-refractivity contribution in [3.63, 3.8) is 0 Å². The molecule has 33 heavy (non-hydrogen) atoms. The van der Waals surface area contributed by atoms with Crippen molar-refractivity contribution in [2.75, 3.05) is 19.8 Å². The highest BCUT2D eigenvalue weighted by atomic mass is 35.5. The lowest BCUT2D eigenvalue weighted by molar-refractivity contribution is -0.144. The molecular formula is C25H27ClN2O5. The van der Waals surface area contributed by atoms with Crippen LogP contribution in [0.4, 0.5) is 0 Å². The summed E-state index contributed by atoms with van der Waals surface area (Å²) in [6, 6.07) is 14.1. The Balaban J connectivity index is 1.86. The van der Waals surface area contributed by atoms with Gasteiger partial charge in [-0.3, -0.25) is 4.79 Å². The fraction of sp³-hybridized carbons (Fsp3) is 0.320. The van der Waals surface area contributed by atoms with Crippen LogP contribution < -0.4 is 0 Å². The maximum absolute atomic E-state index is 12.7. The minimum absolute atomic E-state index is 0.0844. The molecule has 2 aromatic carbocycles. The van der Waals surface area contributed by atoms with E-state index >= 15 is 0 Å². The largest absolute Gasteiger partial charge is 0.461 e. The van der Waals surface area contributed by atoms with E-state index in [4.69, 9.17) is 25.8 Å².